The van der Waals surface area contributed by atoms with Crippen LogP contribution in [0.5, 0.6) is 0 Å². The fraction of sp³-hybridized carbons (Fsp3) is 0.391. The first-order valence-electron chi connectivity index (χ1n) is 10.4. The molecular weight excluding hydrogens is 412 g/mol. The van der Waals surface area contributed by atoms with Crippen LogP contribution in [0.1, 0.15) is 41.9 Å². The fourth-order valence-electron chi connectivity index (χ4n) is 3.11. The summed E-state index contributed by atoms with van der Waals surface area (Å²) in [4.78, 5) is 40.1. The van der Waals surface area contributed by atoms with Crippen LogP contribution >= 0.6 is 0 Å². The molecule has 1 heterocycles. The molecule has 0 radical (unpaired) electrons. The Morgan fingerprint density at radius 1 is 1.12 bits per heavy atom. The van der Waals surface area contributed by atoms with Gasteiger partial charge in [-0.1, -0.05) is 32.0 Å². The number of hydrogen-bond donors (Lipinski definition) is 4. The molecule has 4 N–H and O–H groups in total. The van der Waals surface area contributed by atoms with Crippen molar-refractivity contribution in [3.05, 3.63) is 59.4 Å². The maximum Gasteiger partial charge on any atom is 0.335 e. The van der Waals surface area contributed by atoms with Gasteiger partial charge in [-0.25, -0.2) is 4.79 Å². The second-order valence-corrected chi connectivity index (χ2v) is 7.76. The fourth-order valence-corrected chi connectivity index (χ4v) is 3.11. The molecule has 0 bridgehead atoms. The Labute approximate surface area is 187 Å². The Morgan fingerprint density at radius 3 is 2.56 bits per heavy atom. The molecule has 0 aliphatic heterocycles. The third-order valence-corrected chi connectivity index (χ3v) is 4.64. The Bertz CT molecular complexity index is 932. The van der Waals surface area contributed by atoms with Gasteiger partial charge in [0.2, 0.25) is 11.8 Å². The molecule has 2 amide bonds. The first-order valence-corrected chi connectivity index (χ1v) is 10.4. The number of para-hydroxylation sites is 1. The summed E-state index contributed by atoms with van der Waals surface area (Å²) in [6.45, 7) is 4.48. The summed E-state index contributed by atoms with van der Waals surface area (Å²) in [5, 5.41) is 18.0. The molecule has 2 aromatic rings. The third-order valence-electron chi connectivity index (χ3n) is 4.64. The number of aromatic nitrogens is 1. The Balaban J connectivity index is 2.02. The van der Waals surface area contributed by atoms with E-state index in [1.54, 1.807) is 12.1 Å². The number of carbonyl (C=O) groups is 3. The number of carboxylic acid groups (broad SMARTS) is 1. The zero-order valence-corrected chi connectivity index (χ0v) is 18.6. The lowest BCUT2D eigenvalue weighted by Gasteiger charge is -2.21. The van der Waals surface area contributed by atoms with Crippen LogP contribution in [0.15, 0.2) is 42.6 Å². The van der Waals surface area contributed by atoms with Gasteiger partial charge < -0.3 is 25.8 Å². The number of nitrogens with one attached hydrogen (secondary N) is 3. The molecule has 0 saturated carbocycles. The van der Waals surface area contributed by atoms with Crippen molar-refractivity contribution >= 4 is 23.5 Å². The van der Waals surface area contributed by atoms with Crippen molar-refractivity contribution in [1.82, 2.24) is 15.6 Å². The first kappa shape index (κ1) is 25.0. The van der Waals surface area contributed by atoms with Crippen molar-refractivity contribution in [3.8, 4) is 0 Å². The van der Waals surface area contributed by atoms with E-state index in [9.17, 15) is 14.4 Å². The highest BCUT2D eigenvalue weighted by molar-refractivity contribution is 5.92. The second-order valence-electron chi connectivity index (χ2n) is 7.76. The van der Waals surface area contributed by atoms with Gasteiger partial charge in [0.25, 0.3) is 0 Å². The van der Waals surface area contributed by atoms with Gasteiger partial charge in [0, 0.05) is 32.1 Å². The van der Waals surface area contributed by atoms with Crippen molar-refractivity contribution in [2.75, 3.05) is 19.0 Å². The molecule has 32 heavy (non-hydrogen) atoms. The van der Waals surface area contributed by atoms with Crippen LogP contribution in [0.2, 0.25) is 0 Å². The first-order chi connectivity index (χ1) is 15.3. The molecule has 9 nitrogen and oxygen atoms in total. The highest BCUT2D eigenvalue weighted by Crippen LogP contribution is 2.15. The summed E-state index contributed by atoms with van der Waals surface area (Å²) in [6.07, 6.45) is 2.03. The van der Waals surface area contributed by atoms with Crippen LogP contribution in [0.25, 0.3) is 0 Å². The molecule has 9 heteroatoms. The van der Waals surface area contributed by atoms with E-state index in [0.29, 0.717) is 17.8 Å². The van der Waals surface area contributed by atoms with E-state index in [2.05, 4.69) is 20.9 Å². The van der Waals surface area contributed by atoms with Crippen molar-refractivity contribution in [3.63, 3.8) is 0 Å². The molecular formula is C23H30N4O5. The van der Waals surface area contributed by atoms with E-state index in [-0.39, 0.29) is 43.0 Å². The average molecular weight is 443 g/mol. The summed E-state index contributed by atoms with van der Waals surface area (Å²) in [5.74, 6) is -1.23. The number of carbonyl (C=O) groups excluding carboxylic acids is 2. The van der Waals surface area contributed by atoms with Gasteiger partial charge >= 0.3 is 5.97 Å². The number of pyridine rings is 1. The maximum absolute atomic E-state index is 12.9. The van der Waals surface area contributed by atoms with Crippen LogP contribution in [-0.4, -0.2) is 47.6 Å². The van der Waals surface area contributed by atoms with E-state index in [1.165, 1.54) is 25.4 Å². The Morgan fingerprint density at radius 2 is 1.88 bits per heavy atom. The lowest BCUT2D eigenvalue weighted by atomic mass is 10.0. The zero-order valence-electron chi connectivity index (χ0n) is 18.6. The predicted octanol–water partition coefficient (Wildman–Crippen LogP) is 2.19. The highest BCUT2D eigenvalue weighted by Gasteiger charge is 2.20. The van der Waals surface area contributed by atoms with E-state index >= 15 is 0 Å². The highest BCUT2D eigenvalue weighted by atomic mass is 16.5. The van der Waals surface area contributed by atoms with Gasteiger partial charge in [0.05, 0.1) is 17.3 Å². The van der Waals surface area contributed by atoms with Gasteiger partial charge in [-0.3, -0.25) is 14.6 Å². The molecule has 2 rings (SSSR count). The van der Waals surface area contributed by atoms with Gasteiger partial charge in [-0.05, 0) is 36.1 Å². The van der Waals surface area contributed by atoms with Crippen molar-refractivity contribution in [2.24, 2.45) is 5.92 Å². The minimum absolute atomic E-state index is 0.0574. The van der Waals surface area contributed by atoms with Crippen molar-refractivity contribution in [1.29, 1.82) is 0 Å². The van der Waals surface area contributed by atoms with Crippen LogP contribution in [-0.2, 0) is 27.4 Å². The number of anilines is 1. The minimum Gasteiger partial charge on any atom is -0.478 e. The van der Waals surface area contributed by atoms with Gasteiger partial charge in [-0.2, -0.15) is 0 Å². The van der Waals surface area contributed by atoms with Crippen molar-refractivity contribution < 1.29 is 24.2 Å². The molecule has 0 aliphatic rings. The van der Waals surface area contributed by atoms with Gasteiger partial charge in [-0.15, -0.1) is 0 Å². The number of aromatic carboxylic acids is 1. The quantitative estimate of drug-likeness (QED) is 0.396. The zero-order chi connectivity index (χ0) is 23.5. The normalized spacial score (nSPS) is 11.8. The van der Waals surface area contributed by atoms with Crippen LogP contribution in [0.3, 0.4) is 0 Å². The number of rotatable bonds is 12. The lowest BCUT2D eigenvalue weighted by Crippen LogP contribution is -2.44. The standard InChI is InChI=1S/C23H30N4O5/c1-15(2)10-20(25-13-18-11-16(23(30)31)8-9-24-18)22(29)26-12-17-6-4-5-7-19(17)27-21(28)14-32-3/h4-9,11,15,20,25H,10,12-14H2,1-3H3,(H,26,29)(H,27,28)(H,30,31)/t20-/m0/s1. The number of hydrogen-bond acceptors (Lipinski definition) is 6. The summed E-state index contributed by atoms with van der Waals surface area (Å²) >= 11 is 0. The number of benzene rings is 1. The number of ether oxygens (including phenoxy) is 1. The van der Waals surface area contributed by atoms with Gasteiger partial charge in [0.15, 0.2) is 0 Å². The second kappa shape index (κ2) is 12.5. The largest absolute Gasteiger partial charge is 0.478 e. The molecule has 0 spiro atoms. The molecule has 172 valence electrons. The number of carboxylic acids is 1. The van der Waals surface area contributed by atoms with E-state index in [0.717, 1.165) is 5.56 Å². The lowest BCUT2D eigenvalue weighted by molar-refractivity contribution is -0.123. The molecule has 1 atom stereocenters. The molecule has 0 fully saturated rings. The van der Waals surface area contributed by atoms with Gasteiger partial charge in [0.1, 0.15) is 6.61 Å². The predicted molar refractivity (Wildman–Crippen MR) is 120 cm³/mol. The topological polar surface area (TPSA) is 130 Å². The maximum atomic E-state index is 12.9. The van der Waals surface area contributed by atoms with Crippen LogP contribution in [0, 0.1) is 5.92 Å². The SMILES string of the molecule is COCC(=O)Nc1ccccc1CNC(=O)[C@H](CC(C)C)NCc1cc(C(=O)O)ccn1. The molecule has 1 aromatic carbocycles. The Kier molecular flexibility index (Phi) is 9.77. The summed E-state index contributed by atoms with van der Waals surface area (Å²) in [6, 6.07) is 9.65. The summed E-state index contributed by atoms with van der Waals surface area (Å²) in [5.41, 5.74) is 2.06. The smallest absolute Gasteiger partial charge is 0.335 e. The monoisotopic (exact) mass is 442 g/mol. The molecule has 0 saturated heterocycles. The van der Waals surface area contributed by atoms with E-state index < -0.39 is 12.0 Å². The number of amides is 2. The number of nitrogens with zero attached hydrogens (tertiary/aromatic N) is 1. The minimum atomic E-state index is -1.03. The average Bonchev–Trinajstić information content (AvgIpc) is 2.76. The molecule has 0 aliphatic carbocycles. The van der Waals surface area contributed by atoms with Crippen LogP contribution in [0.4, 0.5) is 5.69 Å². The van der Waals surface area contributed by atoms with E-state index in [1.807, 2.05) is 26.0 Å². The molecule has 0 unspecified atom stereocenters. The molecule has 1 aromatic heterocycles. The third kappa shape index (κ3) is 8.09. The number of methoxy groups -OCH3 is 1. The van der Waals surface area contributed by atoms with E-state index in [4.69, 9.17) is 9.84 Å². The summed E-state index contributed by atoms with van der Waals surface area (Å²) < 4.78 is 4.84. The Hall–Kier alpha value is -3.30. The summed E-state index contributed by atoms with van der Waals surface area (Å²) in [7, 11) is 1.45. The van der Waals surface area contributed by atoms with Crippen LogP contribution < -0.4 is 16.0 Å². The van der Waals surface area contributed by atoms with Crippen molar-refractivity contribution in [2.45, 2.75) is 39.4 Å².